The number of benzene rings is 1. The predicted octanol–water partition coefficient (Wildman–Crippen LogP) is 2.39. The van der Waals surface area contributed by atoms with Crippen molar-refractivity contribution in [2.45, 2.75) is 19.4 Å². The molecule has 0 fully saturated rings. The van der Waals surface area contributed by atoms with Crippen molar-refractivity contribution < 1.29 is 0 Å². The van der Waals surface area contributed by atoms with E-state index in [1.807, 2.05) is 18.8 Å². The smallest absolute Gasteiger partial charge is 0.138 e. The van der Waals surface area contributed by atoms with Crippen LogP contribution in [0.3, 0.4) is 0 Å². The van der Waals surface area contributed by atoms with Crippen LogP contribution in [0.15, 0.2) is 29.0 Å². The molecule has 5 heteroatoms. The average Bonchev–Trinajstić information content (AvgIpc) is 2.73. The summed E-state index contributed by atoms with van der Waals surface area (Å²) in [7, 11) is 3.88. The van der Waals surface area contributed by atoms with E-state index >= 15 is 0 Å². The van der Waals surface area contributed by atoms with Gasteiger partial charge in [-0.15, -0.1) is 0 Å². The molecule has 0 aliphatic rings. The predicted molar refractivity (Wildman–Crippen MR) is 75.4 cm³/mol. The fourth-order valence-corrected chi connectivity index (χ4v) is 2.74. The van der Waals surface area contributed by atoms with E-state index in [1.165, 1.54) is 11.1 Å². The average molecular weight is 309 g/mol. The minimum Gasteiger partial charge on any atom is -0.313 e. The summed E-state index contributed by atoms with van der Waals surface area (Å²) in [6.07, 6.45) is 2.40. The molecule has 18 heavy (non-hydrogen) atoms. The van der Waals surface area contributed by atoms with E-state index in [9.17, 15) is 0 Å². The fraction of sp³-hybridized carbons (Fsp3) is 0.385. The lowest BCUT2D eigenvalue weighted by Crippen LogP contribution is -2.21. The topological polar surface area (TPSA) is 42.7 Å². The van der Waals surface area contributed by atoms with Gasteiger partial charge in [-0.05, 0) is 31.2 Å². The van der Waals surface area contributed by atoms with E-state index in [2.05, 4.69) is 56.5 Å². The number of aryl methyl sites for hydroxylation is 2. The third-order valence-electron chi connectivity index (χ3n) is 3.07. The highest BCUT2D eigenvalue weighted by atomic mass is 79.9. The highest BCUT2D eigenvalue weighted by Gasteiger charge is 2.15. The second-order valence-electron chi connectivity index (χ2n) is 4.37. The van der Waals surface area contributed by atoms with Crippen LogP contribution in [0.2, 0.25) is 0 Å². The van der Waals surface area contributed by atoms with E-state index in [-0.39, 0.29) is 6.04 Å². The van der Waals surface area contributed by atoms with Crippen LogP contribution in [0.25, 0.3) is 0 Å². The summed E-state index contributed by atoms with van der Waals surface area (Å²) < 4.78 is 2.94. The van der Waals surface area contributed by atoms with E-state index in [0.717, 1.165) is 16.7 Å². The van der Waals surface area contributed by atoms with Gasteiger partial charge in [0, 0.05) is 24.0 Å². The molecule has 0 aliphatic heterocycles. The Morgan fingerprint density at radius 1 is 1.44 bits per heavy atom. The van der Waals surface area contributed by atoms with E-state index < -0.39 is 0 Å². The molecule has 1 atom stereocenters. The third kappa shape index (κ3) is 2.79. The fourth-order valence-electron chi connectivity index (χ4n) is 1.97. The van der Waals surface area contributed by atoms with Crippen molar-refractivity contribution in [3.05, 3.63) is 46.0 Å². The van der Waals surface area contributed by atoms with Crippen LogP contribution in [-0.2, 0) is 13.5 Å². The summed E-state index contributed by atoms with van der Waals surface area (Å²) in [5.41, 5.74) is 2.49. The molecule has 1 unspecified atom stereocenters. The maximum absolute atomic E-state index is 4.27. The standard InChI is InChI=1S/C13H17BrN4/c1-9-4-5-10(11(14)6-9)12(15-2)7-13-16-8-17-18(13)3/h4-6,8,12,15H,7H2,1-3H3. The van der Waals surface area contributed by atoms with Gasteiger partial charge < -0.3 is 5.32 Å². The quantitative estimate of drug-likeness (QED) is 0.943. The third-order valence-corrected chi connectivity index (χ3v) is 3.76. The molecule has 4 nitrogen and oxygen atoms in total. The lowest BCUT2D eigenvalue weighted by molar-refractivity contribution is 0.551. The molecule has 2 aromatic rings. The molecule has 0 spiro atoms. The summed E-state index contributed by atoms with van der Waals surface area (Å²) in [6.45, 7) is 2.09. The first-order chi connectivity index (χ1) is 8.61. The van der Waals surface area contributed by atoms with Crippen molar-refractivity contribution in [2.24, 2.45) is 7.05 Å². The first-order valence-electron chi connectivity index (χ1n) is 5.88. The maximum Gasteiger partial charge on any atom is 0.138 e. The molecule has 1 N–H and O–H groups in total. The summed E-state index contributed by atoms with van der Waals surface area (Å²) in [6, 6.07) is 6.64. The Balaban J connectivity index is 2.26. The van der Waals surface area contributed by atoms with Crippen molar-refractivity contribution in [1.29, 1.82) is 0 Å². The van der Waals surface area contributed by atoms with Crippen molar-refractivity contribution >= 4 is 15.9 Å². The number of hydrogen-bond donors (Lipinski definition) is 1. The number of hydrogen-bond acceptors (Lipinski definition) is 3. The van der Waals surface area contributed by atoms with E-state index in [4.69, 9.17) is 0 Å². The van der Waals surface area contributed by atoms with Crippen molar-refractivity contribution in [3.63, 3.8) is 0 Å². The van der Waals surface area contributed by atoms with Gasteiger partial charge in [0.05, 0.1) is 0 Å². The number of halogens is 1. The Hall–Kier alpha value is -1.20. The van der Waals surface area contributed by atoms with Gasteiger partial charge in [-0.1, -0.05) is 28.1 Å². The Kier molecular flexibility index (Phi) is 4.14. The molecule has 0 bridgehead atoms. The molecule has 96 valence electrons. The number of rotatable bonds is 4. The summed E-state index contributed by atoms with van der Waals surface area (Å²) in [5, 5.41) is 7.43. The number of nitrogens with one attached hydrogen (secondary N) is 1. The lowest BCUT2D eigenvalue weighted by Gasteiger charge is -2.18. The molecule has 0 saturated carbocycles. The first kappa shape index (κ1) is 13.2. The van der Waals surface area contributed by atoms with Crippen LogP contribution >= 0.6 is 15.9 Å². The molecule has 1 heterocycles. The van der Waals surface area contributed by atoms with Crippen LogP contribution < -0.4 is 5.32 Å². The van der Waals surface area contributed by atoms with Gasteiger partial charge in [-0.3, -0.25) is 4.68 Å². The van der Waals surface area contributed by atoms with Gasteiger partial charge in [0.25, 0.3) is 0 Å². The molecule has 1 aromatic heterocycles. The van der Waals surface area contributed by atoms with E-state index in [0.29, 0.717) is 0 Å². The molecule has 0 aliphatic carbocycles. The van der Waals surface area contributed by atoms with Gasteiger partial charge in [-0.25, -0.2) is 4.98 Å². The minimum absolute atomic E-state index is 0.225. The van der Waals surface area contributed by atoms with Crippen LogP contribution in [0, 0.1) is 6.92 Å². The second kappa shape index (κ2) is 5.63. The Labute approximate surface area is 116 Å². The van der Waals surface area contributed by atoms with Crippen molar-refractivity contribution in [1.82, 2.24) is 20.1 Å². The van der Waals surface area contributed by atoms with Gasteiger partial charge in [0.2, 0.25) is 0 Å². The van der Waals surface area contributed by atoms with Crippen LogP contribution in [-0.4, -0.2) is 21.8 Å². The molecule has 0 radical (unpaired) electrons. The Bertz CT molecular complexity index is 536. The molecule has 2 rings (SSSR count). The van der Waals surface area contributed by atoms with Crippen molar-refractivity contribution in [2.75, 3.05) is 7.05 Å². The zero-order valence-electron chi connectivity index (χ0n) is 10.8. The SMILES string of the molecule is CNC(Cc1ncnn1C)c1ccc(C)cc1Br. The van der Waals surface area contributed by atoms with E-state index in [1.54, 1.807) is 6.33 Å². The molecule has 0 amide bonds. The van der Waals surface area contributed by atoms with Crippen molar-refractivity contribution in [3.8, 4) is 0 Å². The number of aromatic nitrogens is 3. The van der Waals surface area contributed by atoms with Gasteiger partial charge in [0.1, 0.15) is 12.2 Å². The zero-order chi connectivity index (χ0) is 13.1. The highest BCUT2D eigenvalue weighted by Crippen LogP contribution is 2.26. The molecular formula is C13H17BrN4. The van der Waals surface area contributed by atoms with Crippen LogP contribution in [0.1, 0.15) is 23.0 Å². The van der Waals surface area contributed by atoms with Crippen LogP contribution in [0.5, 0.6) is 0 Å². The second-order valence-corrected chi connectivity index (χ2v) is 5.22. The summed E-state index contributed by atoms with van der Waals surface area (Å²) in [5.74, 6) is 0.974. The Morgan fingerprint density at radius 3 is 2.78 bits per heavy atom. The highest BCUT2D eigenvalue weighted by molar-refractivity contribution is 9.10. The summed E-state index contributed by atoms with van der Waals surface area (Å²) >= 11 is 3.63. The largest absolute Gasteiger partial charge is 0.313 e. The molecular weight excluding hydrogens is 292 g/mol. The summed E-state index contributed by atoms with van der Waals surface area (Å²) in [4.78, 5) is 4.27. The zero-order valence-corrected chi connectivity index (χ0v) is 12.4. The number of nitrogens with zero attached hydrogens (tertiary/aromatic N) is 3. The molecule has 0 saturated heterocycles. The monoisotopic (exact) mass is 308 g/mol. The van der Waals surface area contributed by atoms with Gasteiger partial charge in [0.15, 0.2) is 0 Å². The normalized spacial score (nSPS) is 12.7. The minimum atomic E-state index is 0.225. The Morgan fingerprint density at radius 2 is 2.22 bits per heavy atom. The van der Waals surface area contributed by atoms with Gasteiger partial charge >= 0.3 is 0 Å². The first-order valence-corrected chi connectivity index (χ1v) is 6.67. The number of likely N-dealkylation sites (N-methyl/N-ethyl adjacent to an activating group) is 1. The lowest BCUT2D eigenvalue weighted by atomic mass is 10.0. The van der Waals surface area contributed by atoms with Crippen LogP contribution in [0.4, 0.5) is 0 Å². The maximum atomic E-state index is 4.27. The molecule has 1 aromatic carbocycles. The van der Waals surface area contributed by atoms with Gasteiger partial charge in [-0.2, -0.15) is 5.10 Å².